The number of likely N-dealkylation sites (tertiary alicyclic amines) is 1. The summed E-state index contributed by atoms with van der Waals surface area (Å²) in [6.07, 6.45) is 1.36. The summed E-state index contributed by atoms with van der Waals surface area (Å²) in [4.78, 5) is 37.0. The molecule has 0 unspecified atom stereocenters. The first-order chi connectivity index (χ1) is 12.0. The molecule has 3 amide bonds. The lowest BCUT2D eigenvalue weighted by atomic mass is 9.96. The van der Waals surface area contributed by atoms with Crippen molar-refractivity contribution in [2.24, 2.45) is 5.92 Å². The standard InChI is InChI=1S/C19H23N3O3/c1-14(23)22-12-9-16(10-13-22)18(24)21-11-5-7-15-6-3-4-8-17(15)19(25)20-2/h3-4,6,8,16H,9-13H2,1-2H3,(H,20,25)(H,21,24). The number of nitrogens with zero attached hydrogens (tertiary/aromatic N) is 1. The highest BCUT2D eigenvalue weighted by Crippen LogP contribution is 2.17. The number of carbonyl (C=O) groups is 3. The summed E-state index contributed by atoms with van der Waals surface area (Å²) < 4.78 is 0. The van der Waals surface area contributed by atoms with Crippen molar-refractivity contribution in [1.29, 1.82) is 0 Å². The van der Waals surface area contributed by atoms with E-state index in [4.69, 9.17) is 0 Å². The van der Waals surface area contributed by atoms with E-state index in [-0.39, 0.29) is 30.2 Å². The van der Waals surface area contributed by atoms with Gasteiger partial charge in [0.2, 0.25) is 11.8 Å². The average molecular weight is 341 g/mol. The molecular weight excluding hydrogens is 318 g/mol. The van der Waals surface area contributed by atoms with Crippen LogP contribution in [0.5, 0.6) is 0 Å². The second-order valence-electron chi connectivity index (χ2n) is 5.92. The summed E-state index contributed by atoms with van der Waals surface area (Å²) in [5.41, 5.74) is 1.14. The highest BCUT2D eigenvalue weighted by atomic mass is 16.2. The molecule has 2 rings (SSSR count). The van der Waals surface area contributed by atoms with Gasteiger partial charge in [0.1, 0.15) is 0 Å². The van der Waals surface area contributed by atoms with Gasteiger partial charge in [-0.3, -0.25) is 14.4 Å². The minimum atomic E-state index is -0.189. The van der Waals surface area contributed by atoms with Crippen molar-refractivity contribution in [1.82, 2.24) is 15.5 Å². The zero-order valence-electron chi connectivity index (χ0n) is 14.6. The van der Waals surface area contributed by atoms with Crippen LogP contribution in [0.25, 0.3) is 0 Å². The SMILES string of the molecule is CNC(=O)c1ccccc1C#CCNC(=O)C1CCN(C(C)=O)CC1. The van der Waals surface area contributed by atoms with Crippen LogP contribution in [0.4, 0.5) is 0 Å². The van der Waals surface area contributed by atoms with Crippen molar-refractivity contribution in [2.45, 2.75) is 19.8 Å². The van der Waals surface area contributed by atoms with Crippen molar-refractivity contribution in [3.63, 3.8) is 0 Å². The predicted molar refractivity (Wildman–Crippen MR) is 94.7 cm³/mol. The summed E-state index contributed by atoms with van der Waals surface area (Å²) in [7, 11) is 1.57. The van der Waals surface area contributed by atoms with Crippen LogP contribution in [-0.2, 0) is 9.59 Å². The minimum absolute atomic E-state index is 0.0305. The molecule has 0 saturated carbocycles. The smallest absolute Gasteiger partial charge is 0.252 e. The lowest BCUT2D eigenvalue weighted by molar-refractivity contribution is -0.133. The maximum atomic E-state index is 12.2. The van der Waals surface area contributed by atoms with Gasteiger partial charge in [-0.15, -0.1) is 0 Å². The van der Waals surface area contributed by atoms with E-state index in [9.17, 15) is 14.4 Å². The molecule has 2 N–H and O–H groups in total. The topological polar surface area (TPSA) is 78.5 Å². The molecule has 6 nitrogen and oxygen atoms in total. The molecule has 0 spiro atoms. The van der Waals surface area contributed by atoms with E-state index in [2.05, 4.69) is 22.5 Å². The first-order valence-corrected chi connectivity index (χ1v) is 8.36. The van der Waals surface area contributed by atoms with Crippen LogP contribution in [0.15, 0.2) is 24.3 Å². The quantitative estimate of drug-likeness (QED) is 0.797. The van der Waals surface area contributed by atoms with Gasteiger partial charge in [0.15, 0.2) is 0 Å². The predicted octanol–water partition coefficient (Wildman–Crippen LogP) is 0.772. The highest BCUT2D eigenvalue weighted by molar-refractivity contribution is 5.96. The van der Waals surface area contributed by atoms with Gasteiger partial charge in [0.05, 0.1) is 12.1 Å². The van der Waals surface area contributed by atoms with Gasteiger partial charge in [0.25, 0.3) is 5.91 Å². The van der Waals surface area contributed by atoms with Gasteiger partial charge < -0.3 is 15.5 Å². The Morgan fingerprint density at radius 2 is 1.88 bits per heavy atom. The van der Waals surface area contributed by atoms with E-state index in [0.717, 1.165) is 0 Å². The fourth-order valence-corrected chi connectivity index (χ4v) is 2.80. The van der Waals surface area contributed by atoms with E-state index in [1.54, 1.807) is 37.1 Å². The molecule has 1 fully saturated rings. The first-order valence-electron chi connectivity index (χ1n) is 8.36. The molecule has 25 heavy (non-hydrogen) atoms. The van der Waals surface area contributed by atoms with Crippen molar-refractivity contribution in [3.05, 3.63) is 35.4 Å². The molecule has 1 aliphatic heterocycles. The van der Waals surface area contributed by atoms with Crippen LogP contribution < -0.4 is 10.6 Å². The van der Waals surface area contributed by atoms with Gasteiger partial charge in [-0.05, 0) is 25.0 Å². The number of amides is 3. The largest absolute Gasteiger partial charge is 0.355 e. The third kappa shape index (κ3) is 5.08. The summed E-state index contributed by atoms with van der Waals surface area (Å²) >= 11 is 0. The molecule has 132 valence electrons. The summed E-state index contributed by atoms with van der Waals surface area (Å²) in [5, 5.41) is 5.39. The van der Waals surface area contributed by atoms with E-state index in [0.29, 0.717) is 37.1 Å². The molecule has 1 aromatic carbocycles. The maximum Gasteiger partial charge on any atom is 0.252 e. The number of benzene rings is 1. The fourth-order valence-electron chi connectivity index (χ4n) is 2.80. The van der Waals surface area contributed by atoms with Crippen LogP contribution in [0.3, 0.4) is 0 Å². The molecule has 6 heteroatoms. The van der Waals surface area contributed by atoms with Gasteiger partial charge >= 0.3 is 0 Å². The third-order valence-electron chi connectivity index (χ3n) is 4.28. The Hall–Kier alpha value is -2.81. The molecule has 0 radical (unpaired) electrons. The van der Waals surface area contributed by atoms with E-state index < -0.39 is 0 Å². The van der Waals surface area contributed by atoms with E-state index in [1.807, 2.05) is 6.07 Å². The molecular formula is C19H23N3O3. The number of hydrogen-bond donors (Lipinski definition) is 2. The average Bonchev–Trinajstić information content (AvgIpc) is 2.64. The Balaban J connectivity index is 1.86. The van der Waals surface area contributed by atoms with E-state index >= 15 is 0 Å². The van der Waals surface area contributed by atoms with Crippen LogP contribution in [-0.4, -0.2) is 49.3 Å². The number of rotatable bonds is 3. The third-order valence-corrected chi connectivity index (χ3v) is 4.28. The lowest BCUT2D eigenvalue weighted by Gasteiger charge is -2.30. The van der Waals surface area contributed by atoms with Gasteiger partial charge in [-0.1, -0.05) is 24.0 Å². The van der Waals surface area contributed by atoms with Crippen molar-refractivity contribution in [3.8, 4) is 11.8 Å². The van der Waals surface area contributed by atoms with Crippen LogP contribution in [0.2, 0.25) is 0 Å². The zero-order valence-corrected chi connectivity index (χ0v) is 14.6. The van der Waals surface area contributed by atoms with Gasteiger partial charge in [0, 0.05) is 38.5 Å². The van der Waals surface area contributed by atoms with Crippen molar-refractivity contribution in [2.75, 3.05) is 26.7 Å². The zero-order chi connectivity index (χ0) is 18.2. The minimum Gasteiger partial charge on any atom is -0.355 e. The number of nitrogens with one attached hydrogen (secondary N) is 2. The molecule has 0 aromatic heterocycles. The Kier molecular flexibility index (Phi) is 6.58. The van der Waals surface area contributed by atoms with Gasteiger partial charge in [-0.25, -0.2) is 0 Å². The second-order valence-corrected chi connectivity index (χ2v) is 5.92. The summed E-state index contributed by atoms with van der Waals surface area (Å²) in [6.45, 7) is 3.03. The molecule has 1 aliphatic rings. The highest BCUT2D eigenvalue weighted by Gasteiger charge is 2.25. The molecule has 0 aliphatic carbocycles. The lowest BCUT2D eigenvalue weighted by Crippen LogP contribution is -2.42. The number of carbonyl (C=O) groups excluding carboxylic acids is 3. The van der Waals surface area contributed by atoms with Crippen molar-refractivity contribution < 1.29 is 14.4 Å². The molecule has 0 bridgehead atoms. The first kappa shape index (κ1) is 18.5. The molecule has 1 heterocycles. The monoisotopic (exact) mass is 341 g/mol. The van der Waals surface area contributed by atoms with Crippen LogP contribution in [0.1, 0.15) is 35.7 Å². The molecule has 1 aromatic rings. The second kappa shape index (κ2) is 8.88. The van der Waals surface area contributed by atoms with Crippen LogP contribution in [0, 0.1) is 17.8 Å². The normalized spacial score (nSPS) is 14.2. The van der Waals surface area contributed by atoms with Gasteiger partial charge in [-0.2, -0.15) is 0 Å². The Morgan fingerprint density at radius 1 is 1.20 bits per heavy atom. The number of hydrogen-bond acceptors (Lipinski definition) is 3. The van der Waals surface area contributed by atoms with Crippen molar-refractivity contribution >= 4 is 17.7 Å². The maximum absolute atomic E-state index is 12.2. The molecule has 0 atom stereocenters. The molecule has 1 saturated heterocycles. The summed E-state index contributed by atoms with van der Waals surface area (Å²) in [6, 6.07) is 7.09. The Labute approximate surface area is 148 Å². The summed E-state index contributed by atoms with van der Waals surface area (Å²) in [5.74, 6) is 5.58. The fraction of sp³-hybridized carbons (Fsp3) is 0.421. The Morgan fingerprint density at radius 3 is 2.52 bits per heavy atom. The number of piperidine rings is 1. The van der Waals surface area contributed by atoms with E-state index in [1.165, 1.54) is 0 Å². The Bertz CT molecular complexity index is 710. The van der Waals surface area contributed by atoms with Crippen LogP contribution >= 0.6 is 0 Å².